The molecule has 72 valence electrons. The molecule has 0 aromatic carbocycles. The molecule has 0 aromatic heterocycles. The van der Waals surface area contributed by atoms with Crippen LogP contribution in [0, 0.1) is 10.8 Å². The maximum atomic E-state index is 3.66. The summed E-state index contributed by atoms with van der Waals surface area (Å²) in [7, 11) is 0. The van der Waals surface area contributed by atoms with Crippen molar-refractivity contribution in [2.45, 2.75) is 60.0 Å². The summed E-state index contributed by atoms with van der Waals surface area (Å²) in [6, 6.07) is 1.45. The molecule has 1 rings (SSSR count). The predicted molar refractivity (Wildman–Crippen MR) is 54.2 cm³/mol. The SMILES string of the molecule is CC(C)(C)[C@@H]1C[C@H](C(C)(C)C)N1. The lowest BCUT2D eigenvalue weighted by molar-refractivity contribution is 0.0725. The molecule has 0 bridgehead atoms. The van der Waals surface area contributed by atoms with Crippen molar-refractivity contribution in [3.05, 3.63) is 0 Å². The largest absolute Gasteiger partial charge is 0.310 e. The van der Waals surface area contributed by atoms with Gasteiger partial charge in [0, 0.05) is 12.1 Å². The normalized spacial score (nSPS) is 31.5. The fourth-order valence-electron chi connectivity index (χ4n) is 1.66. The average Bonchev–Trinajstić information content (AvgIpc) is 1.46. The Labute approximate surface area is 76.9 Å². The molecule has 12 heavy (non-hydrogen) atoms. The Morgan fingerprint density at radius 1 is 0.833 bits per heavy atom. The molecule has 0 radical (unpaired) electrons. The Morgan fingerprint density at radius 3 is 1.25 bits per heavy atom. The van der Waals surface area contributed by atoms with Crippen LogP contribution >= 0.6 is 0 Å². The van der Waals surface area contributed by atoms with Gasteiger partial charge in [-0.1, -0.05) is 41.5 Å². The number of rotatable bonds is 0. The van der Waals surface area contributed by atoms with Gasteiger partial charge in [0.15, 0.2) is 0 Å². The highest BCUT2D eigenvalue weighted by molar-refractivity contribution is 4.99. The van der Waals surface area contributed by atoms with Gasteiger partial charge in [-0.15, -0.1) is 0 Å². The van der Waals surface area contributed by atoms with E-state index in [9.17, 15) is 0 Å². The van der Waals surface area contributed by atoms with Crippen LogP contribution in [0.3, 0.4) is 0 Å². The predicted octanol–water partition coefficient (Wildman–Crippen LogP) is 2.81. The number of hydrogen-bond donors (Lipinski definition) is 1. The van der Waals surface area contributed by atoms with E-state index >= 15 is 0 Å². The second-order valence-corrected chi connectivity index (χ2v) is 6.24. The quantitative estimate of drug-likeness (QED) is 0.588. The van der Waals surface area contributed by atoms with E-state index in [1.54, 1.807) is 0 Å². The summed E-state index contributed by atoms with van der Waals surface area (Å²) in [5.41, 5.74) is 0.865. The van der Waals surface area contributed by atoms with Crippen molar-refractivity contribution in [3.8, 4) is 0 Å². The summed E-state index contributed by atoms with van der Waals surface area (Å²) in [5.74, 6) is 0. The number of nitrogens with one attached hydrogen (secondary N) is 1. The van der Waals surface area contributed by atoms with E-state index in [2.05, 4.69) is 46.9 Å². The van der Waals surface area contributed by atoms with Gasteiger partial charge in [0.2, 0.25) is 0 Å². The molecule has 1 aliphatic heterocycles. The van der Waals surface area contributed by atoms with Gasteiger partial charge in [-0.25, -0.2) is 0 Å². The van der Waals surface area contributed by atoms with Crippen LogP contribution in [0.15, 0.2) is 0 Å². The topological polar surface area (TPSA) is 12.0 Å². The van der Waals surface area contributed by atoms with E-state index < -0.39 is 0 Å². The van der Waals surface area contributed by atoms with E-state index in [1.807, 2.05) is 0 Å². The van der Waals surface area contributed by atoms with Crippen molar-refractivity contribution in [2.75, 3.05) is 0 Å². The second-order valence-electron chi connectivity index (χ2n) is 6.24. The standard InChI is InChI=1S/C11H23N/c1-10(2,3)8-7-9(12-8)11(4,5)6/h8-9,12H,7H2,1-6H3/t8-,9+. The zero-order chi connectivity index (χ0) is 9.57. The smallest absolute Gasteiger partial charge is 0.0133 e. The Balaban J connectivity index is 2.39. The van der Waals surface area contributed by atoms with Crippen LogP contribution in [-0.2, 0) is 0 Å². The van der Waals surface area contributed by atoms with Gasteiger partial charge in [0.1, 0.15) is 0 Å². The molecule has 0 amide bonds. The fraction of sp³-hybridized carbons (Fsp3) is 1.00. The first-order valence-corrected chi connectivity index (χ1v) is 4.97. The zero-order valence-corrected chi connectivity index (χ0v) is 9.36. The minimum absolute atomic E-state index is 0.432. The minimum Gasteiger partial charge on any atom is -0.310 e. The summed E-state index contributed by atoms with van der Waals surface area (Å²) in [5, 5.41) is 3.66. The lowest BCUT2D eigenvalue weighted by Crippen LogP contribution is -2.62. The minimum atomic E-state index is 0.432. The first-order valence-electron chi connectivity index (χ1n) is 4.97. The van der Waals surface area contributed by atoms with Crippen molar-refractivity contribution in [3.63, 3.8) is 0 Å². The summed E-state index contributed by atoms with van der Waals surface area (Å²) in [6.07, 6.45) is 1.34. The maximum Gasteiger partial charge on any atom is 0.0133 e. The van der Waals surface area contributed by atoms with Crippen LogP contribution in [0.25, 0.3) is 0 Å². The van der Waals surface area contributed by atoms with Gasteiger partial charge in [-0.2, -0.15) is 0 Å². The highest BCUT2D eigenvalue weighted by Gasteiger charge is 2.41. The maximum absolute atomic E-state index is 3.66. The van der Waals surface area contributed by atoms with Crippen molar-refractivity contribution >= 4 is 0 Å². The Morgan fingerprint density at radius 2 is 1.08 bits per heavy atom. The van der Waals surface area contributed by atoms with E-state index in [4.69, 9.17) is 0 Å². The molecule has 0 aromatic rings. The second kappa shape index (κ2) is 2.73. The molecule has 1 nitrogen and oxygen atoms in total. The van der Waals surface area contributed by atoms with Crippen LogP contribution < -0.4 is 5.32 Å². The van der Waals surface area contributed by atoms with Gasteiger partial charge < -0.3 is 5.32 Å². The summed E-state index contributed by atoms with van der Waals surface area (Å²) in [6.45, 7) is 13.9. The van der Waals surface area contributed by atoms with Crippen LogP contribution in [-0.4, -0.2) is 12.1 Å². The lowest BCUT2D eigenvalue weighted by Gasteiger charge is -2.50. The lowest BCUT2D eigenvalue weighted by atomic mass is 9.70. The van der Waals surface area contributed by atoms with Crippen molar-refractivity contribution in [1.82, 2.24) is 5.32 Å². The van der Waals surface area contributed by atoms with E-state index in [1.165, 1.54) is 6.42 Å². The van der Waals surface area contributed by atoms with Gasteiger partial charge in [0.05, 0.1) is 0 Å². The monoisotopic (exact) mass is 169 g/mol. The Kier molecular flexibility index (Phi) is 2.28. The van der Waals surface area contributed by atoms with Gasteiger partial charge in [0.25, 0.3) is 0 Å². The van der Waals surface area contributed by atoms with Crippen LogP contribution in [0.4, 0.5) is 0 Å². The molecule has 1 heterocycles. The highest BCUT2D eigenvalue weighted by atomic mass is 15.1. The molecular formula is C11H23N. The van der Waals surface area contributed by atoms with E-state index in [0.29, 0.717) is 10.8 Å². The third kappa shape index (κ3) is 2.01. The zero-order valence-electron chi connectivity index (χ0n) is 9.36. The molecule has 1 N–H and O–H groups in total. The molecule has 1 fully saturated rings. The molecule has 0 saturated carbocycles. The Hall–Kier alpha value is -0.0400. The first kappa shape index (κ1) is 10.0. The molecular weight excluding hydrogens is 146 g/mol. The molecule has 0 spiro atoms. The average molecular weight is 169 g/mol. The highest BCUT2D eigenvalue weighted by Crippen LogP contribution is 2.36. The van der Waals surface area contributed by atoms with Gasteiger partial charge >= 0.3 is 0 Å². The van der Waals surface area contributed by atoms with Crippen LogP contribution in [0.1, 0.15) is 48.0 Å². The summed E-state index contributed by atoms with van der Waals surface area (Å²) in [4.78, 5) is 0. The molecule has 0 aliphatic carbocycles. The van der Waals surface area contributed by atoms with E-state index in [0.717, 1.165) is 12.1 Å². The van der Waals surface area contributed by atoms with Crippen LogP contribution in [0.5, 0.6) is 0 Å². The molecule has 1 saturated heterocycles. The van der Waals surface area contributed by atoms with Crippen molar-refractivity contribution in [2.24, 2.45) is 10.8 Å². The van der Waals surface area contributed by atoms with E-state index in [-0.39, 0.29) is 0 Å². The van der Waals surface area contributed by atoms with Crippen molar-refractivity contribution < 1.29 is 0 Å². The molecule has 1 heteroatoms. The summed E-state index contributed by atoms with van der Waals surface area (Å²) < 4.78 is 0. The molecule has 1 aliphatic rings. The Bertz CT molecular complexity index is 135. The fourth-order valence-corrected chi connectivity index (χ4v) is 1.66. The third-order valence-corrected chi connectivity index (χ3v) is 2.96. The molecule has 2 atom stereocenters. The van der Waals surface area contributed by atoms with Crippen LogP contribution in [0.2, 0.25) is 0 Å². The van der Waals surface area contributed by atoms with Gasteiger partial charge in [-0.05, 0) is 17.3 Å². The number of hydrogen-bond acceptors (Lipinski definition) is 1. The first-order chi connectivity index (χ1) is 5.21. The summed E-state index contributed by atoms with van der Waals surface area (Å²) >= 11 is 0. The van der Waals surface area contributed by atoms with Gasteiger partial charge in [-0.3, -0.25) is 0 Å². The molecule has 0 unspecified atom stereocenters. The van der Waals surface area contributed by atoms with Crippen molar-refractivity contribution in [1.29, 1.82) is 0 Å². The third-order valence-electron chi connectivity index (χ3n) is 2.96.